The Kier molecular flexibility index (Phi) is 3.04. The molecule has 2 aliphatic rings. The maximum atomic E-state index is 3.57. The Balaban J connectivity index is 2.17. The molecule has 3 atom stereocenters. The summed E-state index contributed by atoms with van der Waals surface area (Å²) in [6.07, 6.45) is 5.84. The topological polar surface area (TPSA) is 15.3 Å². The molecule has 3 unspecified atom stereocenters. The maximum absolute atomic E-state index is 3.57. The first kappa shape index (κ1) is 12.0. The van der Waals surface area contributed by atoms with Crippen LogP contribution in [0.15, 0.2) is 12.3 Å². The summed E-state index contributed by atoms with van der Waals surface area (Å²) in [6, 6.07) is 1.23. The molecule has 0 aromatic heterocycles. The molecule has 1 saturated heterocycles. The van der Waals surface area contributed by atoms with E-state index in [0.717, 1.165) is 11.8 Å². The van der Waals surface area contributed by atoms with Crippen molar-refractivity contribution in [1.82, 2.24) is 10.2 Å². The van der Waals surface area contributed by atoms with Gasteiger partial charge in [0.05, 0.1) is 6.04 Å². The smallest absolute Gasteiger partial charge is 0.0504 e. The van der Waals surface area contributed by atoms with Gasteiger partial charge in [-0.1, -0.05) is 13.8 Å². The molecule has 2 nitrogen and oxygen atoms in total. The first-order valence-corrected chi connectivity index (χ1v) is 6.60. The molecule has 1 fully saturated rings. The summed E-state index contributed by atoms with van der Waals surface area (Å²) in [4.78, 5) is 2.65. The van der Waals surface area contributed by atoms with Gasteiger partial charge in [-0.2, -0.15) is 0 Å². The lowest BCUT2D eigenvalue weighted by molar-refractivity contribution is 0.0246. The summed E-state index contributed by atoms with van der Waals surface area (Å²) in [6.45, 7) is 12.9. The Bertz CT molecular complexity index is 275. The average Bonchev–Trinajstić information content (AvgIpc) is 2.61. The summed E-state index contributed by atoms with van der Waals surface area (Å²) < 4.78 is 0. The van der Waals surface area contributed by atoms with Gasteiger partial charge in [0.25, 0.3) is 0 Å². The van der Waals surface area contributed by atoms with Crippen LogP contribution < -0.4 is 5.32 Å². The highest BCUT2D eigenvalue weighted by molar-refractivity contribution is 5.14. The van der Waals surface area contributed by atoms with E-state index in [1.165, 1.54) is 13.0 Å². The summed E-state index contributed by atoms with van der Waals surface area (Å²) in [7, 11) is 0. The molecule has 2 heterocycles. The minimum absolute atomic E-state index is 0.279. The van der Waals surface area contributed by atoms with Crippen LogP contribution in [-0.4, -0.2) is 29.1 Å². The van der Waals surface area contributed by atoms with E-state index in [-0.39, 0.29) is 5.54 Å². The molecule has 0 aromatic carbocycles. The van der Waals surface area contributed by atoms with Crippen molar-refractivity contribution in [2.75, 3.05) is 6.54 Å². The number of rotatable bonds is 1. The van der Waals surface area contributed by atoms with Crippen LogP contribution in [0, 0.1) is 11.8 Å². The summed E-state index contributed by atoms with van der Waals surface area (Å²) in [5, 5.41) is 3.57. The predicted octanol–water partition coefficient (Wildman–Crippen LogP) is 2.62. The third-order valence-electron chi connectivity index (χ3n) is 4.19. The molecule has 2 rings (SSSR count). The van der Waals surface area contributed by atoms with Crippen LogP contribution >= 0.6 is 0 Å². The van der Waals surface area contributed by atoms with Gasteiger partial charge in [-0.15, -0.1) is 0 Å². The molecule has 0 spiro atoms. The second-order valence-corrected chi connectivity index (χ2v) is 6.60. The molecule has 2 aliphatic heterocycles. The van der Waals surface area contributed by atoms with Crippen LogP contribution in [0.1, 0.15) is 41.0 Å². The normalized spacial score (nSPS) is 35.2. The third-order valence-corrected chi connectivity index (χ3v) is 4.19. The highest BCUT2D eigenvalue weighted by Crippen LogP contribution is 2.35. The fourth-order valence-electron chi connectivity index (χ4n) is 3.31. The monoisotopic (exact) mass is 222 g/mol. The lowest BCUT2D eigenvalue weighted by atomic mass is 9.78. The molecular formula is C14H26N2. The van der Waals surface area contributed by atoms with Crippen LogP contribution in [0.2, 0.25) is 0 Å². The largest absolute Gasteiger partial charge is 0.386 e. The van der Waals surface area contributed by atoms with E-state index in [9.17, 15) is 0 Å². The van der Waals surface area contributed by atoms with E-state index in [2.05, 4.69) is 57.1 Å². The van der Waals surface area contributed by atoms with Crippen molar-refractivity contribution in [3.05, 3.63) is 12.3 Å². The van der Waals surface area contributed by atoms with Crippen molar-refractivity contribution >= 4 is 0 Å². The Morgan fingerprint density at radius 1 is 1.31 bits per heavy atom. The second kappa shape index (κ2) is 4.06. The molecule has 2 heteroatoms. The van der Waals surface area contributed by atoms with Crippen molar-refractivity contribution in [1.29, 1.82) is 0 Å². The maximum Gasteiger partial charge on any atom is 0.0504 e. The van der Waals surface area contributed by atoms with E-state index in [1.54, 1.807) is 0 Å². The zero-order valence-corrected chi connectivity index (χ0v) is 11.3. The van der Waals surface area contributed by atoms with Crippen molar-refractivity contribution < 1.29 is 0 Å². The van der Waals surface area contributed by atoms with Gasteiger partial charge < -0.3 is 5.32 Å². The lowest BCUT2D eigenvalue weighted by Crippen LogP contribution is -2.60. The molecule has 0 saturated carbocycles. The van der Waals surface area contributed by atoms with Gasteiger partial charge >= 0.3 is 0 Å². The third kappa shape index (κ3) is 2.00. The van der Waals surface area contributed by atoms with Crippen LogP contribution in [0.3, 0.4) is 0 Å². The Hall–Kier alpha value is -0.500. The number of nitrogens with one attached hydrogen (secondary N) is 1. The molecule has 0 aliphatic carbocycles. The fourth-order valence-corrected chi connectivity index (χ4v) is 3.31. The second-order valence-electron chi connectivity index (χ2n) is 6.60. The van der Waals surface area contributed by atoms with Gasteiger partial charge in [0.1, 0.15) is 0 Å². The number of piperidine rings is 1. The average molecular weight is 222 g/mol. The summed E-state index contributed by atoms with van der Waals surface area (Å²) in [5.74, 6) is 1.60. The zero-order valence-electron chi connectivity index (χ0n) is 11.3. The molecule has 0 aromatic rings. The highest BCUT2D eigenvalue weighted by Gasteiger charge is 2.42. The molecule has 1 N–H and O–H groups in total. The predicted molar refractivity (Wildman–Crippen MR) is 69.3 cm³/mol. The van der Waals surface area contributed by atoms with Gasteiger partial charge in [-0.3, -0.25) is 4.90 Å². The highest BCUT2D eigenvalue weighted by atomic mass is 15.3. The standard InChI is InChI=1S/C14H26N2/c1-10(2)11-7-9-16(14(3,4)5)12-6-8-15-13(11)12/h6,8,10-13,15H,7,9H2,1-5H3. The molecule has 0 amide bonds. The van der Waals surface area contributed by atoms with Crippen molar-refractivity contribution in [2.45, 2.75) is 58.7 Å². The van der Waals surface area contributed by atoms with E-state index in [1.807, 2.05) is 0 Å². The van der Waals surface area contributed by atoms with Crippen molar-refractivity contribution in [2.24, 2.45) is 11.8 Å². The van der Waals surface area contributed by atoms with Crippen LogP contribution in [0.5, 0.6) is 0 Å². The van der Waals surface area contributed by atoms with Crippen molar-refractivity contribution in [3.8, 4) is 0 Å². The van der Waals surface area contributed by atoms with E-state index in [0.29, 0.717) is 12.1 Å². The number of likely N-dealkylation sites (tertiary alicyclic amines) is 1. The van der Waals surface area contributed by atoms with Gasteiger partial charge in [-0.05, 0) is 57.8 Å². The number of hydrogen-bond donors (Lipinski definition) is 1. The summed E-state index contributed by atoms with van der Waals surface area (Å²) >= 11 is 0. The zero-order chi connectivity index (χ0) is 11.9. The molecule has 0 bridgehead atoms. The Morgan fingerprint density at radius 2 is 2.00 bits per heavy atom. The van der Waals surface area contributed by atoms with Gasteiger partial charge in [0.2, 0.25) is 0 Å². The van der Waals surface area contributed by atoms with Gasteiger partial charge in [0.15, 0.2) is 0 Å². The van der Waals surface area contributed by atoms with Crippen LogP contribution in [-0.2, 0) is 0 Å². The van der Waals surface area contributed by atoms with Crippen LogP contribution in [0.25, 0.3) is 0 Å². The molecule has 0 radical (unpaired) electrons. The number of fused-ring (bicyclic) bond motifs is 1. The van der Waals surface area contributed by atoms with Crippen LogP contribution in [0.4, 0.5) is 0 Å². The molecular weight excluding hydrogens is 196 g/mol. The van der Waals surface area contributed by atoms with Gasteiger partial charge in [-0.25, -0.2) is 0 Å². The lowest BCUT2D eigenvalue weighted by Gasteiger charge is -2.49. The molecule has 92 valence electrons. The first-order valence-electron chi connectivity index (χ1n) is 6.60. The van der Waals surface area contributed by atoms with Crippen molar-refractivity contribution in [3.63, 3.8) is 0 Å². The summed E-state index contributed by atoms with van der Waals surface area (Å²) in [5.41, 5.74) is 0.279. The molecule has 16 heavy (non-hydrogen) atoms. The van der Waals surface area contributed by atoms with Gasteiger partial charge in [0, 0.05) is 11.6 Å². The Morgan fingerprint density at radius 3 is 2.56 bits per heavy atom. The van der Waals surface area contributed by atoms with E-state index in [4.69, 9.17) is 0 Å². The fraction of sp³-hybridized carbons (Fsp3) is 0.857. The van der Waals surface area contributed by atoms with E-state index < -0.39 is 0 Å². The van der Waals surface area contributed by atoms with E-state index >= 15 is 0 Å². The Labute approximate surface area is 100 Å². The minimum atomic E-state index is 0.279. The number of nitrogens with zero attached hydrogens (tertiary/aromatic N) is 1. The quantitative estimate of drug-likeness (QED) is 0.733. The SMILES string of the molecule is CC(C)C1CCN(C(C)(C)C)C2C=CNC12. The first-order chi connectivity index (χ1) is 7.41. The minimum Gasteiger partial charge on any atom is -0.386 e. The number of hydrogen-bond acceptors (Lipinski definition) is 2.